The van der Waals surface area contributed by atoms with Crippen LogP contribution in [0.4, 0.5) is 5.69 Å². The van der Waals surface area contributed by atoms with Gasteiger partial charge in [-0.15, -0.1) is 0 Å². The normalized spacial score (nSPS) is 10.8. The van der Waals surface area contributed by atoms with Crippen LogP contribution in [0.25, 0.3) is 0 Å². The highest BCUT2D eigenvalue weighted by Crippen LogP contribution is 2.18. The number of esters is 2. The highest BCUT2D eigenvalue weighted by Gasteiger charge is 2.12. The lowest BCUT2D eigenvalue weighted by molar-refractivity contribution is -0.142. The third-order valence-corrected chi connectivity index (χ3v) is 5.38. The van der Waals surface area contributed by atoms with E-state index in [1.165, 1.54) is 12.8 Å². The SMILES string of the molecule is COC(=O)c1cccc(OCCCCCCCCOC(=O)Cc2ccc([N+](C)(C)C)cc2)c1.[I-]. The standard InChI is InChI=1S/C27H38NO5.HI/c1-28(2,3)24-16-14-22(15-17-24)20-26(29)33-19-10-8-6-5-7-9-18-32-25-13-11-12-23(21-25)27(30)31-4;/h11-17,21H,5-10,18-20H2,1-4H3;1H/q+1;/p-1. The fraction of sp³-hybridized carbons (Fsp3) is 0.481. The molecule has 0 saturated carbocycles. The number of quaternary nitrogens is 1. The van der Waals surface area contributed by atoms with E-state index in [4.69, 9.17) is 14.2 Å². The molecule has 2 aromatic carbocycles. The average Bonchev–Trinajstić information content (AvgIpc) is 2.79. The lowest BCUT2D eigenvalue weighted by Crippen LogP contribution is -3.00. The molecule has 0 aliphatic carbocycles. The smallest absolute Gasteiger partial charge is 0.337 e. The summed E-state index contributed by atoms with van der Waals surface area (Å²) in [5.41, 5.74) is 2.68. The molecule has 0 saturated heterocycles. The predicted molar refractivity (Wildman–Crippen MR) is 132 cm³/mol. The first-order valence-corrected chi connectivity index (χ1v) is 11.7. The number of hydrogen-bond acceptors (Lipinski definition) is 5. The molecule has 188 valence electrons. The lowest BCUT2D eigenvalue weighted by Gasteiger charge is -2.23. The number of carbonyl (C=O) groups is 2. The van der Waals surface area contributed by atoms with E-state index < -0.39 is 0 Å². The van der Waals surface area contributed by atoms with Crippen molar-refractivity contribution in [1.29, 1.82) is 0 Å². The molecule has 0 unspecified atom stereocenters. The minimum absolute atomic E-state index is 0. The molecule has 7 heteroatoms. The van der Waals surface area contributed by atoms with Gasteiger partial charge >= 0.3 is 11.9 Å². The Balaban J connectivity index is 0.00000578. The fourth-order valence-electron chi connectivity index (χ4n) is 3.40. The monoisotopic (exact) mass is 583 g/mol. The van der Waals surface area contributed by atoms with Crippen molar-refractivity contribution in [2.75, 3.05) is 41.5 Å². The summed E-state index contributed by atoms with van der Waals surface area (Å²) in [6, 6.07) is 15.2. The van der Waals surface area contributed by atoms with Gasteiger partial charge in [0, 0.05) is 0 Å². The van der Waals surface area contributed by atoms with Crippen molar-refractivity contribution in [3.63, 3.8) is 0 Å². The van der Waals surface area contributed by atoms with E-state index >= 15 is 0 Å². The van der Waals surface area contributed by atoms with Gasteiger partial charge in [0.15, 0.2) is 0 Å². The van der Waals surface area contributed by atoms with E-state index in [1.807, 2.05) is 18.2 Å². The van der Waals surface area contributed by atoms with Crippen molar-refractivity contribution in [3.05, 3.63) is 59.7 Å². The topological polar surface area (TPSA) is 61.8 Å². The highest BCUT2D eigenvalue weighted by atomic mass is 127. The van der Waals surface area contributed by atoms with Gasteiger partial charge in [0.1, 0.15) is 11.4 Å². The van der Waals surface area contributed by atoms with Gasteiger partial charge in [-0.2, -0.15) is 0 Å². The summed E-state index contributed by atoms with van der Waals surface area (Å²) in [5.74, 6) is 0.158. The summed E-state index contributed by atoms with van der Waals surface area (Å²) in [7, 11) is 7.72. The minimum Gasteiger partial charge on any atom is -1.00 e. The lowest BCUT2D eigenvalue weighted by atomic mass is 10.1. The molecule has 34 heavy (non-hydrogen) atoms. The Morgan fingerprint density at radius 3 is 2.06 bits per heavy atom. The highest BCUT2D eigenvalue weighted by molar-refractivity contribution is 5.89. The zero-order valence-corrected chi connectivity index (χ0v) is 23.0. The summed E-state index contributed by atoms with van der Waals surface area (Å²) in [6.45, 7) is 1.10. The number of ether oxygens (including phenoxy) is 3. The van der Waals surface area contributed by atoms with Gasteiger partial charge < -0.3 is 38.2 Å². The maximum atomic E-state index is 12.0. The van der Waals surface area contributed by atoms with E-state index in [-0.39, 0.29) is 35.9 Å². The Bertz CT molecular complexity index is 877. The summed E-state index contributed by atoms with van der Waals surface area (Å²) in [6.07, 6.45) is 6.54. The molecule has 0 fully saturated rings. The number of hydrogen-bond donors (Lipinski definition) is 0. The van der Waals surface area contributed by atoms with Crippen LogP contribution in [0.3, 0.4) is 0 Å². The number of halogens is 1. The van der Waals surface area contributed by atoms with Crippen LogP contribution in [0, 0.1) is 0 Å². The Morgan fingerprint density at radius 1 is 0.824 bits per heavy atom. The molecule has 0 bridgehead atoms. The van der Waals surface area contributed by atoms with Crippen molar-refractivity contribution >= 4 is 17.6 Å². The number of nitrogens with zero attached hydrogens (tertiary/aromatic N) is 1. The number of unbranched alkanes of at least 4 members (excludes halogenated alkanes) is 5. The van der Waals surface area contributed by atoms with Gasteiger partial charge in [0.2, 0.25) is 0 Å². The van der Waals surface area contributed by atoms with Crippen LogP contribution in [0.1, 0.15) is 54.4 Å². The van der Waals surface area contributed by atoms with Gasteiger partial charge in [-0.05, 0) is 48.7 Å². The number of carbonyl (C=O) groups excluding carboxylic acids is 2. The predicted octanol–water partition coefficient (Wildman–Crippen LogP) is 2.18. The molecule has 2 aromatic rings. The minimum atomic E-state index is -0.361. The van der Waals surface area contributed by atoms with Gasteiger partial charge in [-0.3, -0.25) is 9.28 Å². The first-order valence-electron chi connectivity index (χ1n) is 11.7. The van der Waals surface area contributed by atoms with Gasteiger partial charge in [0.25, 0.3) is 0 Å². The van der Waals surface area contributed by atoms with E-state index in [0.29, 0.717) is 30.9 Å². The van der Waals surface area contributed by atoms with Crippen LogP contribution in [0.15, 0.2) is 48.5 Å². The molecule has 0 N–H and O–H groups in total. The zero-order valence-electron chi connectivity index (χ0n) is 20.8. The molecule has 0 aromatic heterocycles. The Kier molecular flexibility index (Phi) is 13.8. The van der Waals surface area contributed by atoms with Crippen molar-refractivity contribution in [1.82, 2.24) is 4.48 Å². The summed E-state index contributed by atoms with van der Waals surface area (Å²) >= 11 is 0. The van der Waals surface area contributed by atoms with Crippen LogP contribution < -0.4 is 33.2 Å². The zero-order chi connectivity index (χ0) is 24.1. The van der Waals surface area contributed by atoms with Crippen molar-refractivity contribution < 1.29 is 47.8 Å². The van der Waals surface area contributed by atoms with E-state index in [1.54, 1.807) is 18.2 Å². The second kappa shape index (κ2) is 15.7. The van der Waals surface area contributed by atoms with Crippen LogP contribution in [-0.2, 0) is 20.7 Å². The Labute approximate surface area is 221 Å². The summed E-state index contributed by atoms with van der Waals surface area (Å²) < 4.78 is 16.6. The number of rotatable bonds is 14. The molecular formula is C27H38INO5. The molecule has 6 nitrogen and oxygen atoms in total. The van der Waals surface area contributed by atoms with Crippen molar-refractivity contribution in [3.8, 4) is 5.75 Å². The van der Waals surface area contributed by atoms with Gasteiger partial charge in [-0.1, -0.05) is 43.9 Å². The van der Waals surface area contributed by atoms with E-state index in [0.717, 1.165) is 48.6 Å². The molecule has 0 aliphatic rings. The van der Waals surface area contributed by atoms with Crippen LogP contribution in [0.2, 0.25) is 0 Å². The quantitative estimate of drug-likeness (QED) is 0.148. The molecule has 0 heterocycles. The van der Waals surface area contributed by atoms with Gasteiger partial charge in [0.05, 0.1) is 53.5 Å². The van der Waals surface area contributed by atoms with Gasteiger partial charge in [-0.25, -0.2) is 4.79 Å². The molecule has 0 amide bonds. The first-order chi connectivity index (χ1) is 15.8. The number of methoxy groups -OCH3 is 1. The molecule has 2 rings (SSSR count). The van der Waals surface area contributed by atoms with E-state index in [2.05, 4.69) is 33.3 Å². The summed E-state index contributed by atoms with van der Waals surface area (Å²) in [4.78, 5) is 23.6. The second-order valence-electron chi connectivity index (χ2n) is 9.07. The maximum absolute atomic E-state index is 12.0. The third kappa shape index (κ3) is 11.3. The maximum Gasteiger partial charge on any atom is 0.337 e. The third-order valence-electron chi connectivity index (χ3n) is 5.38. The second-order valence-corrected chi connectivity index (χ2v) is 9.07. The summed E-state index contributed by atoms with van der Waals surface area (Å²) in [5, 5.41) is 0. The van der Waals surface area contributed by atoms with Crippen molar-refractivity contribution in [2.24, 2.45) is 0 Å². The van der Waals surface area contributed by atoms with E-state index in [9.17, 15) is 9.59 Å². The first kappa shape index (κ1) is 29.9. The van der Waals surface area contributed by atoms with Crippen LogP contribution >= 0.6 is 0 Å². The average molecular weight is 584 g/mol. The molecule has 0 aliphatic heterocycles. The molecule has 0 atom stereocenters. The van der Waals surface area contributed by atoms with Crippen LogP contribution in [0.5, 0.6) is 5.75 Å². The van der Waals surface area contributed by atoms with Crippen LogP contribution in [-0.4, -0.2) is 53.4 Å². The largest absolute Gasteiger partial charge is 1.00 e. The molecule has 0 radical (unpaired) electrons. The Morgan fingerprint density at radius 2 is 1.44 bits per heavy atom. The molecular weight excluding hydrogens is 545 g/mol. The van der Waals surface area contributed by atoms with Crippen molar-refractivity contribution in [2.45, 2.75) is 44.9 Å². The Hall–Kier alpha value is -2.13. The fourth-order valence-corrected chi connectivity index (χ4v) is 3.40. The number of benzene rings is 2. The molecule has 0 spiro atoms.